The van der Waals surface area contributed by atoms with Gasteiger partial charge in [0.05, 0.1) is 13.0 Å². The third-order valence-electron chi connectivity index (χ3n) is 2.74. The fourth-order valence-corrected chi connectivity index (χ4v) is 1.92. The van der Waals surface area contributed by atoms with Crippen molar-refractivity contribution in [2.24, 2.45) is 5.92 Å². The van der Waals surface area contributed by atoms with Crippen molar-refractivity contribution in [3.05, 3.63) is 34.9 Å². The van der Waals surface area contributed by atoms with Gasteiger partial charge in [0, 0.05) is 5.02 Å². The van der Waals surface area contributed by atoms with E-state index in [9.17, 15) is 14.4 Å². The summed E-state index contributed by atoms with van der Waals surface area (Å²) in [6, 6.07) is 6.87. The Hall–Kier alpha value is -1.68. The second-order valence-electron chi connectivity index (χ2n) is 4.48. The van der Waals surface area contributed by atoms with Crippen LogP contribution in [0.1, 0.15) is 25.8 Å². The second kappa shape index (κ2) is 7.80. The highest BCUT2D eigenvalue weighted by Gasteiger charge is 2.28. The highest BCUT2D eigenvalue weighted by molar-refractivity contribution is 6.30. The average molecular weight is 297 g/mol. The maximum absolute atomic E-state index is 12.0. The number of Topliss-reactive ketones (excluding diaryl/α,β-unsaturated/α-hetero) is 2. The third kappa shape index (κ3) is 5.13. The number of hydrogen-bond acceptors (Lipinski definition) is 4. The van der Waals surface area contributed by atoms with Crippen molar-refractivity contribution in [2.45, 2.75) is 26.7 Å². The van der Waals surface area contributed by atoms with Crippen LogP contribution in [0.5, 0.6) is 0 Å². The lowest BCUT2D eigenvalue weighted by molar-refractivity contribution is -0.151. The number of ketones is 2. The summed E-state index contributed by atoms with van der Waals surface area (Å²) in [7, 11) is 0. The Morgan fingerprint density at radius 2 is 1.80 bits per heavy atom. The van der Waals surface area contributed by atoms with E-state index in [0.717, 1.165) is 5.56 Å². The minimum atomic E-state index is -0.944. The molecular formula is C15H17ClO4. The molecule has 0 aliphatic rings. The number of benzene rings is 1. The van der Waals surface area contributed by atoms with Gasteiger partial charge in [0.25, 0.3) is 0 Å². The van der Waals surface area contributed by atoms with E-state index in [1.807, 2.05) is 0 Å². The zero-order valence-corrected chi connectivity index (χ0v) is 12.3. The molecule has 4 nitrogen and oxygen atoms in total. The second-order valence-corrected chi connectivity index (χ2v) is 4.92. The van der Waals surface area contributed by atoms with Gasteiger partial charge in [-0.05, 0) is 38.0 Å². The van der Waals surface area contributed by atoms with E-state index >= 15 is 0 Å². The van der Waals surface area contributed by atoms with Crippen molar-refractivity contribution >= 4 is 29.1 Å². The van der Waals surface area contributed by atoms with Gasteiger partial charge in [0.1, 0.15) is 11.7 Å². The largest absolute Gasteiger partial charge is 0.465 e. The van der Waals surface area contributed by atoms with E-state index in [1.54, 1.807) is 31.2 Å². The van der Waals surface area contributed by atoms with Gasteiger partial charge in [-0.15, -0.1) is 0 Å². The maximum Gasteiger partial charge on any atom is 0.316 e. The lowest BCUT2D eigenvalue weighted by atomic mass is 9.93. The first-order valence-electron chi connectivity index (χ1n) is 6.37. The van der Waals surface area contributed by atoms with Crippen LogP contribution in [0, 0.1) is 5.92 Å². The van der Waals surface area contributed by atoms with E-state index in [4.69, 9.17) is 16.3 Å². The van der Waals surface area contributed by atoms with E-state index in [1.165, 1.54) is 6.92 Å². The Morgan fingerprint density at radius 3 is 2.30 bits per heavy atom. The van der Waals surface area contributed by atoms with Gasteiger partial charge in [-0.25, -0.2) is 0 Å². The molecule has 1 unspecified atom stereocenters. The molecule has 108 valence electrons. The number of carbonyl (C=O) groups is 3. The van der Waals surface area contributed by atoms with Crippen LogP contribution in [-0.4, -0.2) is 24.1 Å². The van der Waals surface area contributed by atoms with Gasteiger partial charge < -0.3 is 4.74 Å². The predicted octanol–water partition coefficient (Wildman–Crippen LogP) is 2.61. The SMILES string of the molecule is CCOC(=O)C(Cc1ccc(Cl)cc1)C(=O)CC(C)=O. The predicted molar refractivity (Wildman–Crippen MR) is 75.6 cm³/mol. The van der Waals surface area contributed by atoms with Crippen molar-refractivity contribution in [1.29, 1.82) is 0 Å². The van der Waals surface area contributed by atoms with E-state index in [-0.39, 0.29) is 25.2 Å². The molecule has 1 rings (SSSR count). The summed E-state index contributed by atoms with van der Waals surface area (Å²) in [6.45, 7) is 3.19. The molecule has 0 aliphatic carbocycles. The Bertz CT molecular complexity index is 493. The molecule has 0 N–H and O–H groups in total. The normalized spacial score (nSPS) is 11.8. The monoisotopic (exact) mass is 296 g/mol. The van der Waals surface area contributed by atoms with Crippen LogP contribution in [0.3, 0.4) is 0 Å². The van der Waals surface area contributed by atoms with Gasteiger partial charge in [-0.3, -0.25) is 14.4 Å². The molecule has 0 bridgehead atoms. The maximum atomic E-state index is 12.0. The first kappa shape index (κ1) is 16.4. The van der Waals surface area contributed by atoms with Crippen molar-refractivity contribution in [3.8, 4) is 0 Å². The van der Waals surface area contributed by atoms with Gasteiger partial charge in [-0.1, -0.05) is 23.7 Å². The topological polar surface area (TPSA) is 60.4 Å². The molecular weight excluding hydrogens is 280 g/mol. The Kier molecular flexibility index (Phi) is 6.39. The quantitative estimate of drug-likeness (QED) is 0.573. The van der Waals surface area contributed by atoms with Crippen LogP contribution >= 0.6 is 11.6 Å². The van der Waals surface area contributed by atoms with Crippen molar-refractivity contribution in [2.75, 3.05) is 6.61 Å². The molecule has 0 radical (unpaired) electrons. The van der Waals surface area contributed by atoms with Crippen LogP contribution < -0.4 is 0 Å². The smallest absolute Gasteiger partial charge is 0.316 e. The fourth-order valence-electron chi connectivity index (χ4n) is 1.80. The molecule has 0 heterocycles. The van der Waals surface area contributed by atoms with Gasteiger partial charge >= 0.3 is 5.97 Å². The number of rotatable bonds is 7. The number of halogens is 1. The molecule has 20 heavy (non-hydrogen) atoms. The number of ether oxygens (including phenoxy) is 1. The zero-order valence-electron chi connectivity index (χ0n) is 11.5. The summed E-state index contributed by atoms with van der Waals surface area (Å²) < 4.78 is 4.91. The Labute approximate surface area is 123 Å². The number of hydrogen-bond donors (Lipinski definition) is 0. The molecule has 0 amide bonds. The van der Waals surface area contributed by atoms with Gasteiger partial charge in [-0.2, -0.15) is 0 Å². The van der Waals surface area contributed by atoms with Crippen LogP contribution in [0.2, 0.25) is 5.02 Å². The lowest BCUT2D eigenvalue weighted by Crippen LogP contribution is -2.29. The van der Waals surface area contributed by atoms with Crippen LogP contribution in [0.25, 0.3) is 0 Å². The summed E-state index contributed by atoms with van der Waals surface area (Å²) in [5, 5.41) is 0.580. The minimum Gasteiger partial charge on any atom is -0.465 e. The molecule has 1 atom stereocenters. The van der Waals surface area contributed by atoms with Crippen molar-refractivity contribution < 1.29 is 19.1 Å². The molecule has 0 saturated heterocycles. The fraction of sp³-hybridized carbons (Fsp3) is 0.400. The summed E-state index contributed by atoms with van der Waals surface area (Å²) in [6.07, 6.45) is -0.0425. The van der Waals surface area contributed by atoms with Crippen LogP contribution in [-0.2, 0) is 25.5 Å². The average Bonchev–Trinajstić information content (AvgIpc) is 2.37. The molecule has 5 heteroatoms. The lowest BCUT2D eigenvalue weighted by Gasteiger charge is -2.14. The third-order valence-corrected chi connectivity index (χ3v) is 2.99. The first-order chi connectivity index (χ1) is 9.43. The first-order valence-corrected chi connectivity index (χ1v) is 6.75. The molecule has 0 aliphatic heterocycles. The summed E-state index contributed by atoms with van der Waals surface area (Å²) >= 11 is 5.79. The van der Waals surface area contributed by atoms with Gasteiger partial charge in [0.2, 0.25) is 0 Å². The Morgan fingerprint density at radius 1 is 1.20 bits per heavy atom. The molecule has 0 saturated carbocycles. The summed E-state index contributed by atoms with van der Waals surface area (Å²) in [5.74, 6) is -2.21. The van der Waals surface area contributed by atoms with Crippen LogP contribution in [0.15, 0.2) is 24.3 Å². The van der Waals surface area contributed by atoms with E-state index in [2.05, 4.69) is 0 Å². The van der Waals surface area contributed by atoms with Crippen LogP contribution in [0.4, 0.5) is 0 Å². The minimum absolute atomic E-state index is 0.198. The molecule has 0 fully saturated rings. The highest BCUT2D eigenvalue weighted by Crippen LogP contribution is 2.16. The van der Waals surface area contributed by atoms with Crippen molar-refractivity contribution in [1.82, 2.24) is 0 Å². The summed E-state index contributed by atoms with van der Waals surface area (Å²) in [4.78, 5) is 34.9. The van der Waals surface area contributed by atoms with Crippen molar-refractivity contribution in [3.63, 3.8) is 0 Å². The molecule has 1 aromatic rings. The number of carbonyl (C=O) groups excluding carboxylic acids is 3. The zero-order chi connectivity index (χ0) is 15.1. The Balaban J connectivity index is 2.86. The highest BCUT2D eigenvalue weighted by atomic mass is 35.5. The van der Waals surface area contributed by atoms with E-state index < -0.39 is 17.7 Å². The summed E-state index contributed by atoms with van der Waals surface area (Å²) in [5.41, 5.74) is 0.796. The standard InChI is InChI=1S/C15H17ClO4/c1-3-20-15(19)13(14(18)8-10(2)17)9-11-4-6-12(16)7-5-11/h4-7,13H,3,8-9H2,1-2H3. The molecule has 1 aromatic carbocycles. The van der Waals surface area contributed by atoms with Gasteiger partial charge in [0.15, 0.2) is 5.78 Å². The molecule has 0 spiro atoms. The number of esters is 1. The molecule has 0 aromatic heterocycles. The van der Waals surface area contributed by atoms with E-state index in [0.29, 0.717) is 5.02 Å².